The van der Waals surface area contributed by atoms with Gasteiger partial charge in [0.2, 0.25) is 0 Å². The largest absolute Gasteiger partial charge is 0.341 e. The fourth-order valence-electron chi connectivity index (χ4n) is 10.3. The summed E-state index contributed by atoms with van der Waals surface area (Å²) in [5, 5.41) is 0. The van der Waals surface area contributed by atoms with Gasteiger partial charge in [-0.25, -0.2) is 4.67 Å². The van der Waals surface area contributed by atoms with Crippen molar-refractivity contribution in [2.75, 3.05) is 6.54 Å². The molecule has 0 aromatic heterocycles. The summed E-state index contributed by atoms with van der Waals surface area (Å²) in [6.07, 6.45) is 3.89. The second kappa shape index (κ2) is 11.8. The van der Waals surface area contributed by atoms with Gasteiger partial charge >= 0.3 is 0 Å². The van der Waals surface area contributed by atoms with Gasteiger partial charge in [-0.15, -0.1) is 0 Å². The number of hydrogen-bond donors (Lipinski definition) is 0. The Morgan fingerprint density at radius 2 is 1.02 bits per heavy atom. The summed E-state index contributed by atoms with van der Waals surface area (Å²) in [7, 11) is -1.64. The Morgan fingerprint density at radius 1 is 0.592 bits per heavy atom. The molecule has 4 aromatic rings. The topological polar surface area (TPSA) is 40.2 Å². The van der Waals surface area contributed by atoms with Crippen LogP contribution in [0.4, 0.5) is 0 Å². The van der Waals surface area contributed by atoms with Crippen LogP contribution in [0.15, 0.2) is 121 Å². The van der Waals surface area contributed by atoms with E-state index in [1.807, 2.05) is 13.8 Å². The van der Waals surface area contributed by atoms with Gasteiger partial charge in [0.05, 0.1) is 0 Å². The molecule has 0 unspecified atom stereocenters. The zero-order valence-electron chi connectivity index (χ0n) is 29.1. The Hall–Kier alpha value is -2.89. The van der Waals surface area contributed by atoms with E-state index in [1.54, 1.807) is 0 Å². The molecule has 6 atom stereocenters. The molecular weight excluding hydrogens is 625 g/mol. The van der Waals surface area contributed by atoms with Crippen LogP contribution >= 0.6 is 8.53 Å². The Labute approximate surface area is 292 Å². The molecule has 0 N–H and O–H groups in total. The Kier molecular flexibility index (Phi) is 7.74. The van der Waals surface area contributed by atoms with Crippen LogP contribution in [0.1, 0.15) is 75.6 Å². The summed E-state index contributed by atoms with van der Waals surface area (Å²) in [6.45, 7) is 10.0. The van der Waals surface area contributed by atoms with Crippen molar-refractivity contribution in [3.05, 3.63) is 144 Å². The smallest absolute Gasteiger partial charge is 0.261 e. The summed E-state index contributed by atoms with van der Waals surface area (Å²) >= 11 is 0. The number of fused-ring (bicyclic) bond motifs is 1. The highest BCUT2D eigenvalue weighted by Gasteiger charge is 2.69. The molecule has 0 radical (unpaired) electrons. The minimum absolute atomic E-state index is 0.405. The zero-order valence-corrected chi connectivity index (χ0v) is 30.0. The van der Waals surface area contributed by atoms with Crippen LogP contribution in [0.25, 0.3) is 0 Å². The summed E-state index contributed by atoms with van der Waals surface area (Å²) in [4.78, 5) is 0. The average molecular weight is 674 g/mol. The first-order valence-corrected chi connectivity index (χ1v) is 19.4. The van der Waals surface area contributed by atoms with Crippen LogP contribution in [-0.2, 0) is 29.7 Å². The molecule has 4 aromatic carbocycles. The van der Waals surface area contributed by atoms with E-state index < -0.39 is 37.7 Å². The average Bonchev–Trinajstić information content (AvgIpc) is 3.42. The SMILES string of the molecule is CC1(C)O[C@@H]2[C@@H](O1)C(c1ccccc1)(c1ccccc1)OP(N1CCC[C@@H]3[C@H]1C[C@@H]1C[C@@H]3C1(C)C)OC2(c1ccccc1)c1ccccc1. The summed E-state index contributed by atoms with van der Waals surface area (Å²) < 4.78 is 33.0. The molecule has 6 heteroatoms. The predicted molar refractivity (Wildman–Crippen MR) is 193 cm³/mol. The molecular formula is C43H48NO4P. The van der Waals surface area contributed by atoms with E-state index >= 15 is 0 Å². The lowest BCUT2D eigenvalue weighted by Gasteiger charge is -2.65. The molecule has 3 aliphatic heterocycles. The van der Waals surface area contributed by atoms with E-state index in [4.69, 9.17) is 18.5 Å². The van der Waals surface area contributed by atoms with Crippen LogP contribution < -0.4 is 0 Å². The summed E-state index contributed by atoms with van der Waals surface area (Å²) in [5.74, 6) is 1.23. The van der Waals surface area contributed by atoms with Gasteiger partial charge in [0, 0.05) is 12.6 Å². The second-order valence-electron chi connectivity index (χ2n) is 16.0. The quantitative estimate of drug-likeness (QED) is 0.197. The first kappa shape index (κ1) is 32.0. The van der Waals surface area contributed by atoms with Gasteiger partial charge in [-0.3, -0.25) is 0 Å². The maximum atomic E-state index is 7.93. The number of hydrogen-bond acceptors (Lipinski definition) is 5. The molecule has 2 bridgehead atoms. The van der Waals surface area contributed by atoms with E-state index in [1.165, 1.54) is 19.3 Å². The highest BCUT2D eigenvalue weighted by atomic mass is 31.2. The molecule has 254 valence electrons. The predicted octanol–water partition coefficient (Wildman–Crippen LogP) is 9.81. The van der Waals surface area contributed by atoms with Crippen molar-refractivity contribution < 1.29 is 18.5 Å². The van der Waals surface area contributed by atoms with Crippen molar-refractivity contribution in [2.24, 2.45) is 23.2 Å². The minimum atomic E-state index is -1.64. The molecule has 3 saturated heterocycles. The summed E-state index contributed by atoms with van der Waals surface area (Å²) in [6, 6.07) is 43.2. The molecule has 0 spiro atoms. The third-order valence-corrected chi connectivity index (χ3v) is 14.6. The highest BCUT2D eigenvalue weighted by Crippen LogP contribution is 2.70. The molecule has 3 saturated carbocycles. The Morgan fingerprint density at radius 3 is 1.43 bits per heavy atom. The first-order chi connectivity index (χ1) is 23.7. The minimum Gasteiger partial charge on any atom is -0.341 e. The van der Waals surface area contributed by atoms with Crippen LogP contribution in [0, 0.1) is 23.2 Å². The van der Waals surface area contributed by atoms with Crippen molar-refractivity contribution >= 4 is 8.53 Å². The van der Waals surface area contributed by atoms with Gasteiger partial charge in [0.1, 0.15) is 12.2 Å². The number of piperidine rings is 1. The van der Waals surface area contributed by atoms with Gasteiger partial charge in [0.15, 0.2) is 17.0 Å². The van der Waals surface area contributed by atoms with E-state index in [0.717, 1.165) is 47.1 Å². The second-order valence-corrected chi connectivity index (χ2v) is 17.3. The molecule has 10 rings (SSSR count). The number of benzene rings is 4. The molecule has 0 amide bonds. The Bertz CT molecular complexity index is 1590. The third-order valence-electron chi connectivity index (χ3n) is 12.8. The maximum Gasteiger partial charge on any atom is 0.261 e. The molecule has 3 aliphatic carbocycles. The molecule has 6 fully saturated rings. The van der Waals surface area contributed by atoms with Crippen LogP contribution in [0.5, 0.6) is 0 Å². The molecule has 6 aliphatic rings. The van der Waals surface area contributed by atoms with Gasteiger partial charge < -0.3 is 18.5 Å². The van der Waals surface area contributed by atoms with Crippen molar-refractivity contribution in [3.8, 4) is 0 Å². The monoisotopic (exact) mass is 673 g/mol. The number of nitrogens with zero attached hydrogens (tertiary/aromatic N) is 1. The van der Waals surface area contributed by atoms with Gasteiger partial charge in [-0.05, 0) is 85.0 Å². The number of rotatable bonds is 5. The van der Waals surface area contributed by atoms with Gasteiger partial charge in [0.25, 0.3) is 8.53 Å². The van der Waals surface area contributed by atoms with Gasteiger partial charge in [-0.1, -0.05) is 135 Å². The van der Waals surface area contributed by atoms with E-state index in [2.05, 4.69) is 140 Å². The maximum absolute atomic E-state index is 7.93. The van der Waals surface area contributed by atoms with Crippen molar-refractivity contribution in [1.82, 2.24) is 4.67 Å². The fourth-order valence-corrected chi connectivity index (χ4v) is 12.5. The van der Waals surface area contributed by atoms with Crippen LogP contribution in [-0.4, -0.2) is 35.3 Å². The summed E-state index contributed by atoms with van der Waals surface area (Å²) in [5.41, 5.74) is 2.57. The standard InChI is InChI=1S/C43H48NO4P/c1-40(2)34-28-36(40)35-26-17-27-44(37(35)29-34)49-47-42(30-18-9-5-10-19-30,31-20-11-6-12-21-31)38-39(46-41(3,4)45-38)43(48-49,32-22-13-7-14-23-32)33-24-15-8-16-25-33/h5-16,18-25,34-39H,17,26-29H2,1-4H3/t34-,35-,36-,37+,38+,39+/m0/s1. The normalized spacial score (nSPS) is 32.7. The lowest BCUT2D eigenvalue weighted by atomic mass is 9.43. The van der Waals surface area contributed by atoms with Crippen molar-refractivity contribution in [1.29, 1.82) is 0 Å². The van der Waals surface area contributed by atoms with Gasteiger partial charge in [-0.2, -0.15) is 0 Å². The van der Waals surface area contributed by atoms with Crippen molar-refractivity contribution in [3.63, 3.8) is 0 Å². The lowest BCUT2D eigenvalue weighted by molar-refractivity contribution is -0.178. The highest BCUT2D eigenvalue weighted by molar-refractivity contribution is 7.44. The molecule has 5 nitrogen and oxygen atoms in total. The fraction of sp³-hybridized carbons (Fsp3) is 0.442. The third kappa shape index (κ3) is 4.88. The molecule has 49 heavy (non-hydrogen) atoms. The van der Waals surface area contributed by atoms with E-state index in [9.17, 15) is 0 Å². The lowest BCUT2D eigenvalue weighted by Crippen LogP contribution is -2.62. The van der Waals surface area contributed by atoms with Crippen LogP contribution in [0.3, 0.4) is 0 Å². The van der Waals surface area contributed by atoms with E-state index in [-0.39, 0.29) is 0 Å². The zero-order chi connectivity index (χ0) is 33.4. The van der Waals surface area contributed by atoms with Crippen LogP contribution in [0.2, 0.25) is 0 Å². The molecule has 3 heterocycles. The first-order valence-electron chi connectivity index (χ1n) is 18.3. The van der Waals surface area contributed by atoms with E-state index in [0.29, 0.717) is 17.4 Å². The van der Waals surface area contributed by atoms with Crippen molar-refractivity contribution in [2.45, 2.75) is 88.6 Å². The Balaban J connectivity index is 1.31. The number of ether oxygens (including phenoxy) is 2.